The maximum Gasteiger partial charge on any atom is 0.213 e. The summed E-state index contributed by atoms with van der Waals surface area (Å²) in [6.07, 6.45) is 3.52. The molecule has 2 aromatic rings. The van der Waals surface area contributed by atoms with Gasteiger partial charge in [0.15, 0.2) is 5.78 Å². The van der Waals surface area contributed by atoms with E-state index in [-0.39, 0.29) is 5.78 Å². The zero-order valence-electron chi connectivity index (χ0n) is 13.9. The molecule has 0 fully saturated rings. The van der Waals surface area contributed by atoms with Crippen molar-refractivity contribution >= 4 is 11.5 Å². The molecule has 1 aliphatic rings. The first-order valence-corrected chi connectivity index (χ1v) is 8.25. The van der Waals surface area contributed by atoms with Crippen LogP contribution < -0.4 is 10.6 Å². The lowest BCUT2D eigenvalue weighted by Gasteiger charge is -2.23. The molecule has 0 spiro atoms. The van der Waals surface area contributed by atoms with Crippen LogP contribution in [0.1, 0.15) is 24.8 Å². The van der Waals surface area contributed by atoms with Gasteiger partial charge in [0.05, 0.1) is 5.57 Å². The Morgan fingerprint density at radius 3 is 2.76 bits per heavy atom. The average Bonchev–Trinajstić information content (AvgIpc) is 2.61. The van der Waals surface area contributed by atoms with Gasteiger partial charge in [-0.15, -0.1) is 0 Å². The van der Waals surface area contributed by atoms with Crippen LogP contribution in [0.15, 0.2) is 72.2 Å². The smallest absolute Gasteiger partial charge is 0.213 e. The maximum atomic E-state index is 13.2. The van der Waals surface area contributed by atoms with Crippen molar-refractivity contribution < 1.29 is 9.18 Å². The van der Waals surface area contributed by atoms with Gasteiger partial charge >= 0.3 is 0 Å². The third kappa shape index (κ3) is 4.32. The molecule has 0 amide bonds. The Hall–Kier alpha value is -2.95. The summed E-state index contributed by atoms with van der Waals surface area (Å²) in [5.41, 5.74) is 3.69. The molecule has 2 N–H and O–H groups in total. The van der Waals surface area contributed by atoms with E-state index in [1.165, 1.54) is 12.3 Å². The second-order valence-electron chi connectivity index (χ2n) is 5.94. The maximum absolute atomic E-state index is 13.2. The minimum absolute atomic E-state index is 0.0723. The van der Waals surface area contributed by atoms with Gasteiger partial charge in [0.25, 0.3) is 0 Å². The Labute approximate surface area is 146 Å². The Kier molecular flexibility index (Phi) is 5.23. The monoisotopic (exact) mass is 337 g/mol. The Morgan fingerprint density at radius 2 is 2.00 bits per heavy atom. The van der Waals surface area contributed by atoms with Crippen molar-refractivity contribution in [1.29, 1.82) is 0 Å². The van der Waals surface area contributed by atoms with Crippen LogP contribution >= 0.6 is 0 Å². The standard InChI is InChI=1S/C20H20FN3O/c1-14(24-16-6-3-2-4-7-16)20-17(8-5-9-18(20)25)23-13-15-10-11-22-19(21)12-15/h2-4,6-7,10-12,23-24H,1,5,8-9,13H2. The number of pyridine rings is 1. The molecular weight excluding hydrogens is 317 g/mol. The van der Waals surface area contributed by atoms with Crippen molar-refractivity contribution in [2.75, 3.05) is 5.32 Å². The van der Waals surface area contributed by atoms with Crippen LogP contribution in [0.4, 0.5) is 10.1 Å². The van der Waals surface area contributed by atoms with Crippen LogP contribution in [0.5, 0.6) is 0 Å². The zero-order chi connectivity index (χ0) is 17.6. The molecule has 0 radical (unpaired) electrons. The fraction of sp³-hybridized carbons (Fsp3) is 0.200. The van der Waals surface area contributed by atoms with Gasteiger partial charge in [0, 0.05) is 36.2 Å². The number of hydrogen-bond donors (Lipinski definition) is 2. The van der Waals surface area contributed by atoms with E-state index >= 15 is 0 Å². The predicted molar refractivity (Wildman–Crippen MR) is 96.1 cm³/mol. The molecule has 128 valence electrons. The molecule has 0 saturated carbocycles. The van der Waals surface area contributed by atoms with Crippen LogP contribution in [0.2, 0.25) is 0 Å². The highest BCUT2D eigenvalue weighted by molar-refractivity contribution is 6.01. The van der Waals surface area contributed by atoms with Gasteiger partial charge < -0.3 is 10.6 Å². The Balaban J connectivity index is 1.78. The lowest BCUT2D eigenvalue weighted by molar-refractivity contribution is -0.115. The molecule has 4 nitrogen and oxygen atoms in total. The van der Waals surface area contributed by atoms with Crippen LogP contribution in [-0.2, 0) is 11.3 Å². The summed E-state index contributed by atoms with van der Waals surface area (Å²) in [5, 5.41) is 6.47. The molecule has 1 heterocycles. The van der Waals surface area contributed by atoms with Crippen molar-refractivity contribution in [3.05, 3.63) is 83.7 Å². The second kappa shape index (κ2) is 7.75. The topological polar surface area (TPSA) is 54.0 Å². The molecule has 0 unspecified atom stereocenters. The molecule has 0 saturated heterocycles. The van der Waals surface area contributed by atoms with Crippen LogP contribution in [0, 0.1) is 5.95 Å². The summed E-state index contributed by atoms with van der Waals surface area (Å²) in [5.74, 6) is -0.438. The Morgan fingerprint density at radius 1 is 1.20 bits per heavy atom. The number of rotatable bonds is 6. The number of Topliss-reactive ketones (excluding diaryl/α,β-unsaturated/α-hetero) is 1. The quantitative estimate of drug-likeness (QED) is 0.784. The number of nitrogens with zero attached hydrogens (tertiary/aromatic N) is 1. The zero-order valence-corrected chi connectivity index (χ0v) is 13.9. The van der Waals surface area contributed by atoms with Crippen LogP contribution in [-0.4, -0.2) is 10.8 Å². The van der Waals surface area contributed by atoms with E-state index < -0.39 is 5.95 Å². The molecular formula is C20H20FN3O. The highest BCUT2D eigenvalue weighted by Crippen LogP contribution is 2.26. The molecule has 0 aliphatic heterocycles. The van der Waals surface area contributed by atoms with Gasteiger partial charge in [-0.3, -0.25) is 4.79 Å². The number of carbonyl (C=O) groups excluding carboxylic acids is 1. The Bertz CT molecular complexity index is 815. The van der Waals surface area contributed by atoms with Gasteiger partial charge in [-0.1, -0.05) is 24.8 Å². The number of hydrogen-bond acceptors (Lipinski definition) is 4. The normalized spacial score (nSPS) is 14.4. The fourth-order valence-electron chi connectivity index (χ4n) is 2.89. The number of halogens is 1. The fourth-order valence-corrected chi connectivity index (χ4v) is 2.89. The van der Waals surface area contributed by atoms with E-state index in [0.717, 1.165) is 29.8 Å². The van der Waals surface area contributed by atoms with Crippen molar-refractivity contribution in [3.8, 4) is 0 Å². The largest absolute Gasteiger partial charge is 0.384 e. The van der Waals surface area contributed by atoms with E-state index in [0.29, 0.717) is 24.2 Å². The molecule has 1 aliphatic carbocycles. The number of aromatic nitrogens is 1. The second-order valence-corrected chi connectivity index (χ2v) is 5.94. The molecule has 1 aromatic heterocycles. The number of carbonyl (C=O) groups is 1. The summed E-state index contributed by atoms with van der Waals surface area (Å²) in [7, 11) is 0. The van der Waals surface area contributed by atoms with Crippen LogP contribution in [0.3, 0.4) is 0 Å². The summed E-state index contributed by atoms with van der Waals surface area (Å²) in [4.78, 5) is 16.0. The van der Waals surface area contributed by atoms with Crippen molar-refractivity contribution in [2.45, 2.75) is 25.8 Å². The lowest BCUT2D eigenvalue weighted by Crippen LogP contribution is -2.24. The first-order valence-electron chi connectivity index (χ1n) is 8.25. The summed E-state index contributed by atoms with van der Waals surface area (Å²) >= 11 is 0. The predicted octanol–water partition coefficient (Wildman–Crippen LogP) is 3.94. The first kappa shape index (κ1) is 16.9. The summed E-state index contributed by atoms with van der Waals surface area (Å²) < 4.78 is 13.2. The van der Waals surface area contributed by atoms with E-state index in [2.05, 4.69) is 22.2 Å². The third-order valence-electron chi connectivity index (χ3n) is 4.08. The van der Waals surface area contributed by atoms with E-state index in [9.17, 15) is 9.18 Å². The molecule has 3 rings (SSSR count). The third-order valence-corrected chi connectivity index (χ3v) is 4.08. The average molecular weight is 337 g/mol. The van der Waals surface area contributed by atoms with E-state index in [1.54, 1.807) is 6.07 Å². The van der Waals surface area contributed by atoms with E-state index in [4.69, 9.17) is 0 Å². The van der Waals surface area contributed by atoms with Gasteiger partial charge in [-0.25, -0.2) is 4.98 Å². The highest BCUT2D eigenvalue weighted by Gasteiger charge is 2.23. The SMILES string of the molecule is C=C(Nc1ccccc1)C1=C(NCc2ccnc(F)c2)CCCC1=O. The number of allylic oxidation sites excluding steroid dienone is 2. The molecule has 5 heteroatoms. The first-order chi connectivity index (χ1) is 12.1. The minimum Gasteiger partial charge on any atom is -0.384 e. The lowest BCUT2D eigenvalue weighted by atomic mass is 9.92. The number of anilines is 1. The molecule has 0 atom stereocenters. The van der Waals surface area contributed by atoms with Gasteiger partial charge in [-0.05, 0) is 42.7 Å². The number of ketones is 1. The van der Waals surface area contributed by atoms with Gasteiger partial charge in [0.2, 0.25) is 5.95 Å². The summed E-state index contributed by atoms with van der Waals surface area (Å²) in [6.45, 7) is 4.48. The van der Waals surface area contributed by atoms with Crippen molar-refractivity contribution in [1.82, 2.24) is 10.3 Å². The number of nitrogens with one attached hydrogen (secondary N) is 2. The number of para-hydroxylation sites is 1. The van der Waals surface area contributed by atoms with Gasteiger partial charge in [-0.2, -0.15) is 4.39 Å². The molecule has 25 heavy (non-hydrogen) atoms. The highest BCUT2D eigenvalue weighted by atomic mass is 19.1. The van der Waals surface area contributed by atoms with Crippen molar-refractivity contribution in [3.63, 3.8) is 0 Å². The number of benzene rings is 1. The molecule has 1 aromatic carbocycles. The van der Waals surface area contributed by atoms with E-state index in [1.807, 2.05) is 30.3 Å². The van der Waals surface area contributed by atoms with Crippen molar-refractivity contribution in [2.24, 2.45) is 0 Å². The summed E-state index contributed by atoms with van der Waals surface area (Å²) in [6, 6.07) is 12.7. The van der Waals surface area contributed by atoms with Crippen LogP contribution in [0.25, 0.3) is 0 Å². The van der Waals surface area contributed by atoms with Gasteiger partial charge in [0.1, 0.15) is 0 Å². The molecule has 0 bridgehead atoms. The minimum atomic E-state index is -0.511.